The van der Waals surface area contributed by atoms with Gasteiger partial charge in [-0.15, -0.1) is 10.2 Å². The lowest BCUT2D eigenvalue weighted by Gasteiger charge is -2.02. The second kappa shape index (κ2) is 5.36. The monoisotopic (exact) mass is 197 g/mol. The zero-order chi connectivity index (χ0) is 10.4. The number of rotatable bonds is 6. The highest BCUT2D eigenvalue weighted by molar-refractivity contribution is 5.66. The molecule has 0 saturated heterocycles. The molecular formula is C9H15N3O2. The van der Waals surface area contributed by atoms with Gasteiger partial charge in [-0.2, -0.15) is 0 Å². The zero-order valence-corrected chi connectivity index (χ0v) is 8.31. The predicted octanol–water partition coefficient (Wildman–Crippen LogP) is 1.10. The number of carboxylic acids is 1. The van der Waals surface area contributed by atoms with Crippen molar-refractivity contribution in [3.05, 3.63) is 12.2 Å². The minimum atomic E-state index is -0.758. The van der Waals surface area contributed by atoms with Crippen molar-refractivity contribution < 1.29 is 9.90 Å². The van der Waals surface area contributed by atoms with Crippen LogP contribution in [0.1, 0.15) is 32.0 Å². The summed E-state index contributed by atoms with van der Waals surface area (Å²) in [6, 6.07) is 0. The SMILES string of the molecule is CCCn1cnnc1CCCC(=O)O. The van der Waals surface area contributed by atoms with E-state index in [-0.39, 0.29) is 6.42 Å². The Morgan fingerprint density at radius 1 is 1.64 bits per heavy atom. The van der Waals surface area contributed by atoms with Gasteiger partial charge in [-0.25, -0.2) is 0 Å². The maximum Gasteiger partial charge on any atom is 0.303 e. The van der Waals surface area contributed by atoms with Crippen LogP contribution < -0.4 is 0 Å². The lowest BCUT2D eigenvalue weighted by molar-refractivity contribution is -0.137. The average molecular weight is 197 g/mol. The van der Waals surface area contributed by atoms with Crippen molar-refractivity contribution in [3.8, 4) is 0 Å². The van der Waals surface area contributed by atoms with Gasteiger partial charge in [0.15, 0.2) is 0 Å². The van der Waals surface area contributed by atoms with Gasteiger partial charge < -0.3 is 9.67 Å². The second-order valence-electron chi connectivity index (χ2n) is 3.19. The fourth-order valence-corrected chi connectivity index (χ4v) is 1.30. The first-order chi connectivity index (χ1) is 6.74. The maximum absolute atomic E-state index is 10.3. The van der Waals surface area contributed by atoms with Crippen LogP contribution in [-0.2, 0) is 17.8 Å². The fourth-order valence-electron chi connectivity index (χ4n) is 1.30. The summed E-state index contributed by atoms with van der Waals surface area (Å²) in [5, 5.41) is 16.2. The normalized spacial score (nSPS) is 10.4. The van der Waals surface area contributed by atoms with E-state index in [0.717, 1.165) is 18.8 Å². The summed E-state index contributed by atoms with van der Waals surface area (Å²) in [7, 11) is 0. The molecule has 0 unspecified atom stereocenters. The number of nitrogens with zero attached hydrogens (tertiary/aromatic N) is 3. The first-order valence-electron chi connectivity index (χ1n) is 4.82. The molecule has 0 aliphatic carbocycles. The van der Waals surface area contributed by atoms with Crippen molar-refractivity contribution >= 4 is 5.97 Å². The lowest BCUT2D eigenvalue weighted by atomic mass is 10.2. The Bertz CT molecular complexity index is 296. The molecule has 0 aliphatic rings. The van der Waals surface area contributed by atoms with Crippen molar-refractivity contribution in [3.63, 3.8) is 0 Å². The average Bonchev–Trinajstić information content (AvgIpc) is 2.53. The molecule has 1 N–H and O–H groups in total. The van der Waals surface area contributed by atoms with Crippen LogP contribution in [0.5, 0.6) is 0 Å². The Kier molecular flexibility index (Phi) is 4.10. The van der Waals surface area contributed by atoms with Crippen LogP contribution in [0, 0.1) is 0 Å². The van der Waals surface area contributed by atoms with Gasteiger partial charge in [-0.3, -0.25) is 4.79 Å². The van der Waals surface area contributed by atoms with Crippen LogP contribution in [0.25, 0.3) is 0 Å². The molecule has 78 valence electrons. The number of hydrogen-bond acceptors (Lipinski definition) is 3. The predicted molar refractivity (Wildman–Crippen MR) is 50.9 cm³/mol. The van der Waals surface area contributed by atoms with Crippen LogP contribution >= 0.6 is 0 Å². The van der Waals surface area contributed by atoms with Crippen molar-refractivity contribution in [1.82, 2.24) is 14.8 Å². The molecule has 0 atom stereocenters. The fraction of sp³-hybridized carbons (Fsp3) is 0.667. The molecule has 0 fully saturated rings. The molecule has 1 aromatic rings. The number of aromatic nitrogens is 3. The molecular weight excluding hydrogens is 182 g/mol. The summed E-state index contributed by atoms with van der Waals surface area (Å²) in [4.78, 5) is 10.3. The standard InChI is InChI=1S/C9H15N3O2/c1-2-6-12-7-10-11-8(12)4-3-5-9(13)14/h7H,2-6H2,1H3,(H,13,14). The number of aryl methyl sites for hydroxylation is 2. The molecule has 0 spiro atoms. The molecule has 0 saturated carbocycles. The zero-order valence-electron chi connectivity index (χ0n) is 8.31. The Morgan fingerprint density at radius 2 is 2.43 bits per heavy atom. The highest BCUT2D eigenvalue weighted by atomic mass is 16.4. The highest BCUT2D eigenvalue weighted by Crippen LogP contribution is 2.02. The van der Waals surface area contributed by atoms with Crippen LogP contribution in [0.4, 0.5) is 0 Å². The Hall–Kier alpha value is -1.39. The van der Waals surface area contributed by atoms with Crippen molar-refractivity contribution in [2.75, 3.05) is 0 Å². The van der Waals surface area contributed by atoms with Gasteiger partial charge >= 0.3 is 5.97 Å². The van der Waals surface area contributed by atoms with E-state index in [1.54, 1.807) is 6.33 Å². The first kappa shape index (κ1) is 10.7. The van der Waals surface area contributed by atoms with Crippen molar-refractivity contribution in [2.24, 2.45) is 0 Å². The van der Waals surface area contributed by atoms with E-state index < -0.39 is 5.97 Å². The van der Waals surface area contributed by atoms with Gasteiger partial charge in [-0.1, -0.05) is 6.92 Å². The molecule has 14 heavy (non-hydrogen) atoms. The van der Waals surface area contributed by atoms with E-state index in [1.807, 2.05) is 4.57 Å². The van der Waals surface area contributed by atoms with E-state index >= 15 is 0 Å². The third-order valence-corrected chi connectivity index (χ3v) is 1.95. The van der Waals surface area contributed by atoms with E-state index in [2.05, 4.69) is 17.1 Å². The number of carbonyl (C=O) groups is 1. The summed E-state index contributed by atoms with van der Waals surface area (Å²) < 4.78 is 1.97. The Balaban J connectivity index is 2.41. The third-order valence-electron chi connectivity index (χ3n) is 1.95. The summed E-state index contributed by atoms with van der Waals surface area (Å²) >= 11 is 0. The minimum absolute atomic E-state index is 0.193. The van der Waals surface area contributed by atoms with Crippen molar-refractivity contribution in [2.45, 2.75) is 39.2 Å². The van der Waals surface area contributed by atoms with Gasteiger partial charge in [0, 0.05) is 19.4 Å². The first-order valence-corrected chi connectivity index (χ1v) is 4.82. The van der Waals surface area contributed by atoms with Crippen LogP contribution in [-0.4, -0.2) is 25.8 Å². The molecule has 0 radical (unpaired) electrons. The van der Waals surface area contributed by atoms with Gasteiger partial charge in [0.25, 0.3) is 0 Å². The third kappa shape index (κ3) is 3.16. The lowest BCUT2D eigenvalue weighted by Crippen LogP contribution is -2.04. The quantitative estimate of drug-likeness (QED) is 0.741. The van der Waals surface area contributed by atoms with Crippen LogP contribution in [0.15, 0.2) is 6.33 Å². The highest BCUT2D eigenvalue weighted by Gasteiger charge is 2.04. The van der Waals surface area contributed by atoms with Crippen LogP contribution in [0.2, 0.25) is 0 Å². The summed E-state index contributed by atoms with van der Waals surface area (Å²) in [6.07, 6.45) is 4.23. The van der Waals surface area contributed by atoms with Gasteiger partial charge in [-0.05, 0) is 12.8 Å². The molecule has 0 aliphatic heterocycles. The molecule has 0 amide bonds. The van der Waals surface area contributed by atoms with Crippen molar-refractivity contribution in [1.29, 1.82) is 0 Å². The summed E-state index contributed by atoms with van der Waals surface area (Å²) in [5.74, 6) is 0.125. The van der Waals surface area contributed by atoms with E-state index in [1.165, 1.54) is 0 Å². The molecule has 5 heteroatoms. The molecule has 0 bridgehead atoms. The number of carboxylic acid groups (broad SMARTS) is 1. The maximum atomic E-state index is 10.3. The second-order valence-corrected chi connectivity index (χ2v) is 3.19. The number of hydrogen-bond donors (Lipinski definition) is 1. The Morgan fingerprint density at radius 3 is 3.07 bits per heavy atom. The molecule has 1 aromatic heterocycles. The van der Waals surface area contributed by atoms with E-state index in [9.17, 15) is 4.79 Å². The molecule has 0 aromatic carbocycles. The molecule has 1 rings (SSSR count). The van der Waals surface area contributed by atoms with E-state index in [0.29, 0.717) is 12.8 Å². The van der Waals surface area contributed by atoms with E-state index in [4.69, 9.17) is 5.11 Å². The van der Waals surface area contributed by atoms with Gasteiger partial charge in [0.1, 0.15) is 12.2 Å². The Labute approximate surface area is 82.8 Å². The minimum Gasteiger partial charge on any atom is -0.481 e. The summed E-state index contributed by atoms with van der Waals surface area (Å²) in [5.41, 5.74) is 0. The molecule has 1 heterocycles. The largest absolute Gasteiger partial charge is 0.481 e. The van der Waals surface area contributed by atoms with Gasteiger partial charge in [0.2, 0.25) is 0 Å². The smallest absolute Gasteiger partial charge is 0.303 e. The van der Waals surface area contributed by atoms with Crippen LogP contribution in [0.3, 0.4) is 0 Å². The number of aliphatic carboxylic acids is 1. The summed E-state index contributed by atoms with van der Waals surface area (Å²) in [6.45, 7) is 2.98. The molecule has 5 nitrogen and oxygen atoms in total. The topological polar surface area (TPSA) is 68.0 Å². The van der Waals surface area contributed by atoms with Gasteiger partial charge in [0.05, 0.1) is 0 Å².